The summed E-state index contributed by atoms with van der Waals surface area (Å²) in [5, 5.41) is 3.04. The minimum absolute atomic E-state index is 0.0939. The lowest BCUT2D eigenvalue weighted by atomic mass is 9.47. The van der Waals surface area contributed by atoms with Gasteiger partial charge in [0.15, 0.2) is 0 Å². The normalized spacial score (nSPS) is 28.2. The highest BCUT2D eigenvalue weighted by atomic mass is 16.5. The van der Waals surface area contributed by atoms with E-state index in [0.717, 1.165) is 84.1 Å². The Labute approximate surface area is 360 Å². The Kier molecular flexibility index (Phi) is 17.2. The number of fused-ring (bicyclic) bond motifs is 5. The van der Waals surface area contributed by atoms with E-state index in [1.807, 2.05) is 54.7 Å². The van der Waals surface area contributed by atoms with Crippen LogP contribution in [0.2, 0.25) is 0 Å². The van der Waals surface area contributed by atoms with E-state index in [1.165, 1.54) is 116 Å². The van der Waals surface area contributed by atoms with Crippen molar-refractivity contribution in [2.75, 3.05) is 18.5 Å². The van der Waals surface area contributed by atoms with Gasteiger partial charge in [-0.2, -0.15) is 0 Å². The number of anilines is 1. The zero-order valence-corrected chi connectivity index (χ0v) is 38.3. The van der Waals surface area contributed by atoms with Gasteiger partial charge in [-0.05, 0) is 158 Å². The molecule has 8 atom stereocenters. The molecule has 0 unspecified atom stereocenters. The van der Waals surface area contributed by atoms with Crippen molar-refractivity contribution in [3.63, 3.8) is 0 Å². The fourth-order valence-corrected chi connectivity index (χ4v) is 12.4. The maximum atomic E-state index is 13.0. The topological polar surface area (TPSA) is 59.9 Å². The van der Waals surface area contributed by atoms with Crippen LogP contribution < -0.4 is 10.1 Å². The van der Waals surface area contributed by atoms with Gasteiger partial charge in [-0.1, -0.05) is 130 Å². The number of amides is 1. The molecule has 0 heterocycles. The van der Waals surface area contributed by atoms with Crippen LogP contribution in [0.4, 0.5) is 11.4 Å². The smallest absolute Gasteiger partial charge is 0.250 e. The van der Waals surface area contributed by atoms with Crippen LogP contribution in [0, 0.1) is 46.3 Å². The van der Waals surface area contributed by atoms with Crippen molar-refractivity contribution in [2.24, 2.45) is 51.3 Å². The zero-order chi connectivity index (χ0) is 41.7. The monoisotopic (exact) mass is 807 g/mol. The van der Waals surface area contributed by atoms with Gasteiger partial charge in [-0.25, -0.2) is 0 Å². The van der Waals surface area contributed by atoms with Crippen LogP contribution in [0.3, 0.4) is 0 Å². The molecular weight excluding hydrogens is 725 g/mol. The Balaban J connectivity index is 0.883. The van der Waals surface area contributed by atoms with Gasteiger partial charge in [-0.15, -0.1) is 0 Å². The second kappa shape index (κ2) is 22.3. The van der Waals surface area contributed by atoms with Gasteiger partial charge in [0.1, 0.15) is 12.4 Å². The second-order valence-corrected chi connectivity index (χ2v) is 20.4. The van der Waals surface area contributed by atoms with E-state index in [1.54, 1.807) is 5.57 Å². The predicted octanol–water partition coefficient (Wildman–Crippen LogP) is 15.1. The Morgan fingerprint density at radius 3 is 2.24 bits per heavy atom. The largest absolute Gasteiger partial charge is 0.494 e. The van der Waals surface area contributed by atoms with Crippen molar-refractivity contribution in [3.05, 3.63) is 65.7 Å². The minimum Gasteiger partial charge on any atom is -0.494 e. The van der Waals surface area contributed by atoms with Crippen LogP contribution in [-0.2, 0) is 9.53 Å². The molecule has 1 amide bonds. The van der Waals surface area contributed by atoms with Gasteiger partial charge in [0, 0.05) is 11.9 Å². The molecular formula is C54H82N2O3. The van der Waals surface area contributed by atoms with Crippen LogP contribution in [0.15, 0.2) is 65.2 Å². The van der Waals surface area contributed by atoms with Gasteiger partial charge in [0.25, 0.3) is 0 Å². The zero-order valence-electron chi connectivity index (χ0n) is 38.3. The standard InChI is InChI=1S/C54H82N2O3/c1-7-8-9-10-11-12-13-14-15-16-36-58-46-27-20-42(21-28-46)38-55-44-23-25-45(26-24-44)56-52(57)39-59-47-32-34-53(5)43(37-47)22-29-48-50-31-30-49(41(4)19-17-18-40(2)3)54(50,6)35-33-51(48)53/h20-28,38,40-41,47-51H,7-19,29-37,39H2,1-6H3,(H,56,57)/t41-,47+,48+,49-,50+,51+,53+,54-/m1/s1. The molecule has 0 bridgehead atoms. The van der Waals surface area contributed by atoms with Crippen molar-refractivity contribution in [2.45, 2.75) is 182 Å². The number of nitrogens with zero attached hydrogens (tertiary/aromatic N) is 1. The molecule has 4 aliphatic carbocycles. The molecule has 5 heteroatoms. The molecule has 59 heavy (non-hydrogen) atoms. The van der Waals surface area contributed by atoms with Gasteiger partial charge in [-0.3, -0.25) is 9.79 Å². The van der Waals surface area contributed by atoms with E-state index in [2.05, 4.69) is 57.9 Å². The highest BCUT2D eigenvalue weighted by molar-refractivity contribution is 5.92. The quantitative estimate of drug-likeness (QED) is 0.0691. The summed E-state index contributed by atoms with van der Waals surface area (Å²) in [4.78, 5) is 17.6. The first kappa shape index (κ1) is 45.6. The van der Waals surface area contributed by atoms with Crippen molar-refractivity contribution < 1.29 is 14.3 Å². The van der Waals surface area contributed by atoms with Crippen LogP contribution in [0.25, 0.3) is 0 Å². The molecule has 0 spiro atoms. The number of nitrogens with one attached hydrogen (secondary N) is 1. The molecule has 5 nitrogen and oxygen atoms in total. The lowest BCUT2D eigenvalue weighted by Gasteiger charge is -2.58. The van der Waals surface area contributed by atoms with Crippen molar-refractivity contribution in [1.82, 2.24) is 0 Å². The first-order valence-corrected chi connectivity index (χ1v) is 24.6. The van der Waals surface area contributed by atoms with E-state index in [0.29, 0.717) is 10.8 Å². The number of carbonyl (C=O) groups excluding carboxylic acids is 1. The number of hydrogen-bond donors (Lipinski definition) is 1. The maximum absolute atomic E-state index is 13.0. The fraction of sp³-hybridized carbons (Fsp3) is 0.704. The third-order valence-corrected chi connectivity index (χ3v) is 15.9. The van der Waals surface area contributed by atoms with Gasteiger partial charge >= 0.3 is 0 Å². The summed E-state index contributed by atoms with van der Waals surface area (Å²) in [5.74, 6) is 5.92. The van der Waals surface area contributed by atoms with E-state index >= 15 is 0 Å². The lowest BCUT2D eigenvalue weighted by Crippen LogP contribution is -2.51. The van der Waals surface area contributed by atoms with E-state index < -0.39 is 0 Å². The number of carbonyl (C=O) groups is 1. The minimum atomic E-state index is -0.0939. The molecule has 0 saturated heterocycles. The molecule has 4 aliphatic rings. The highest BCUT2D eigenvalue weighted by Crippen LogP contribution is 2.67. The fourth-order valence-electron chi connectivity index (χ4n) is 12.4. The van der Waals surface area contributed by atoms with Crippen LogP contribution in [0.5, 0.6) is 5.75 Å². The first-order chi connectivity index (χ1) is 28.6. The average Bonchev–Trinajstić information content (AvgIpc) is 3.59. The maximum Gasteiger partial charge on any atom is 0.250 e. The summed E-state index contributed by atoms with van der Waals surface area (Å²) >= 11 is 0. The Hall–Kier alpha value is -2.92. The molecule has 2 aromatic rings. The SMILES string of the molecule is CCCCCCCCCCCCOc1ccc(C=Nc2ccc(NC(=O)CO[C@H]3CC[C@@]4(C)C(=CC[C@H]5[C@@H]6CC[C@H]([C@H](C)CCCC(C)C)[C@@]6(C)CC[C@@H]54)C3)cc2)cc1. The van der Waals surface area contributed by atoms with E-state index in [9.17, 15) is 4.79 Å². The van der Waals surface area contributed by atoms with Crippen molar-refractivity contribution in [3.8, 4) is 5.75 Å². The summed E-state index contributed by atoms with van der Waals surface area (Å²) < 4.78 is 12.3. The van der Waals surface area contributed by atoms with Crippen LogP contribution in [-0.4, -0.2) is 31.4 Å². The number of benzene rings is 2. The lowest BCUT2D eigenvalue weighted by molar-refractivity contribution is -0.123. The third-order valence-electron chi connectivity index (χ3n) is 15.9. The molecule has 3 fully saturated rings. The van der Waals surface area contributed by atoms with Crippen molar-refractivity contribution >= 4 is 23.5 Å². The van der Waals surface area contributed by atoms with Crippen molar-refractivity contribution in [1.29, 1.82) is 0 Å². The van der Waals surface area contributed by atoms with Gasteiger partial charge < -0.3 is 14.8 Å². The number of rotatable bonds is 23. The summed E-state index contributed by atoms with van der Waals surface area (Å²) in [7, 11) is 0. The second-order valence-electron chi connectivity index (χ2n) is 20.4. The molecule has 0 radical (unpaired) electrons. The Morgan fingerprint density at radius 1 is 0.814 bits per heavy atom. The average molecular weight is 807 g/mol. The first-order valence-electron chi connectivity index (χ1n) is 24.6. The number of unbranched alkanes of at least 4 members (excludes halogenated alkanes) is 9. The Morgan fingerprint density at radius 2 is 1.53 bits per heavy atom. The Bertz CT molecular complexity index is 1630. The molecule has 0 aromatic heterocycles. The summed E-state index contributed by atoms with van der Waals surface area (Å²) in [5.41, 5.74) is 5.07. The molecule has 326 valence electrons. The number of ether oxygens (including phenoxy) is 2. The molecule has 2 aromatic carbocycles. The number of aliphatic imine (C=N–C) groups is 1. The van der Waals surface area contributed by atoms with Crippen LogP contribution >= 0.6 is 0 Å². The summed E-state index contributed by atoms with van der Waals surface area (Å²) in [6.07, 6.45) is 32.3. The summed E-state index contributed by atoms with van der Waals surface area (Å²) in [6, 6.07) is 15.9. The van der Waals surface area contributed by atoms with E-state index in [4.69, 9.17) is 9.47 Å². The molecule has 6 rings (SSSR count). The van der Waals surface area contributed by atoms with Gasteiger partial charge in [0.2, 0.25) is 5.91 Å². The predicted molar refractivity (Wildman–Crippen MR) is 249 cm³/mol. The third kappa shape index (κ3) is 12.4. The summed E-state index contributed by atoms with van der Waals surface area (Å²) in [6.45, 7) is 15.7. The number of hydrogen-bond acceptors (Lipinski definition) is 4. The molecule has 1 N–H and O–H groups in total. The number of allylic oxidation sites excluding steroid dienone is 1. The highest BCUT2D eigenvalue weighted by Gasteiger charge is 2.59. The van der Waals surface area contributed by atoms with E-state index in [-0.39, 0.29) is 18.6 Å². The molecule has 0 aliphatic heterocycles. The van der Waals surface area contributed by atoms with Gasteiger partial charge in [0.05, 0.1) is 18.4 Å². The van der Waals surface area contributed by atoms with Crippen LogP contribution in [0.1, 0.15) is 182 Å². The molecule has 3 saturated carbocycles.